The number of nitrogens with two attached hydrogens (primary N) is 5. The van der Waals surface area contributed by atoms with Gasteiger partial charge in [0, 0.05) is 31.2 Å². The number of aryl methyl sites for hydroxylation is 1. The van der Waals surface area contributed by atoms with Gasteiger partial charge >= 0.3 is 0 Å². The fourth-order valence-electron chi connectivity index (χ4n) is 6.47. The Morgan fingerprint density at radius 2 is 0.711 bits per heavy atom. The minimum absolute atomic E-state index is 0.00474. The monoisotopic (exact) mass is 1050 g/mol. The molecular formula is C59H78N6O11. The molecule has 0 saturated heterocycles. The molecule has 7 aromatic carbocycles. The number of hydrogen-bond donors (Lipinski definition) is 16. The summed E-state index contributed by atoms with van der Waals surface area (Å²) in [5.74, 6) is 1.88. The van der Waals surface area contributed by atoms with Gasteiger partial charge in [0.1, 0.15) is 40.2 Å². The van der Waals surface area contributed by atoms with Gasteiger partial charge in [0.05, 0.1) is 24.9 Å². The predicted octanol–water partition coefficient (Wildman–Crippen LogP) is 6.39. The summed E-state index contributed by atoms with van der Waals surface area (Å²) in [6.07, 6.45) is 0.903. The summed E-state index contributed by atoms with van der Waals surface area (Å²) in [5, 5.41) is 94.9. The van der Waals surface area contributed by atoms with E-state index in [1.165, 1.54) is 53.1 Å². The molecule has 7 aromatic rings. The van der Waals surface area contributed by atoms with Crippen molar-refractivity contribution in [3.05, 3.63) is 209 Å². The number of ketones is 1. The van der Waals surface area contributed by atoms with E-state index >= 15 is 0 Å². The van der Waals surface area contributed by atoms with Gasteiger partial charge in [0.15, 0.2) is 5.78 Å². The Morgan fingerprint density at radius 1 is 0.408 bits per heavy atom. The molecule has 17 heteroatoms. The SMILES string of the molecule is CC(CCc1ccc(O)cc1)NCC(O)c1ccc(O)cc1.CC(CN)c1ccc(O)cc1.NCC(=O)c1ccc(O)cc1.NCC(O)c1ccc(O)cc1.NCC(O)c1ccc(O)cc1.NCCc1ccc(O)cc1. The Balaban J connectivity index is 0.000000322. The number of phenols is 7. The average molecular weight is 1050 g/mol. The molecule has 410 valence electrons. The van der Waals surface area contributed by atoms with Crippen LogP contribution in [0.25, 0.3) is 0 Å². The number of carbonyl (C=O) groups is 1. The Bertz CT molecular complexity index is 2470. The molecule has 21 N–H and O–H groups in total. The first-order valence-corrected chi connectivity index (χ1v) is 24.6. The molecule has 5 atom stereocenters. The minimum Gasteiger partial charge on any atom is -0.508 e. The van der Waals surface area contributed by atoms with Crippen molar-refractivity contribution in [2.75, 3.05) is 39.3 Å². The minimum atomic E-state index is -0.629. The molecule has 76 heavy (non-hydrogen) atoms. The van der Waals surface area contributed by atoms with Crippen LogP contribution in [-0.2, 0) is 12.8 Å². The summed E-state index contributed by atoms with van der Waals surface area (Å²) in [5.41, 5.74) is 32.7. The molecule has 0 amide bonds. The van der Waals surface area contributed by atoms with E-state index in [1.807, 2.05) is 36.4 Å². The van der Waals surface area contributed by atoms with Crippen LogP contribution in [0, 0.1) is 0 Å². The summed E-state index contributed by atoms with van der Waals surface area (Å²) in [6.45, 7) is 6.33. The lowest BCUT2D eigenvalue weighted by Gasteiger charge is -2.17. The third kappa shape index (κ3) is 26.6. The van der Waals surface area contributed by atoms with Gasteiger partial charge in [-0.3, -0.25) is 4.79 Å². The van der Waals surface area contributed by atoms with E-state index in [9.17, 15) is 30.3 Å². The van der Waals surface area contributed by atoms with Crippen molar-refractivity contribution < 1.29 is 55.9 Å². The normalized spacial score (nSPS) is 12.2. The highest BCUT2D eigenvalue weighted by molar-refractivity contribution is 5.97. The maximum Gasteiger partial charge on any atom is 0.176 e. The zero-order chi connectivity index (χ0) is 56.4. The van der Waals surface area contributed by atoms with Crippen LogP contribution in [0.1, 0.15) is 88.2 Å². The van der Waals surface area contributed by atoms with Crippen LogP contribution in [0.5, 0.6) is 40.2 Å². The number of aromatic hydroxyl groups is 7. The number of rotatable bonds is 17. The highest BCUT2D eigenvalue weighted by Crippen LogP contribution is 2.20. The summed E-state index contributed by atoms with van der Waals surface area (Å²) in [7, 11) is 0. The Morgan fingerprint density at radius 3 is 1.03 bits per heavy atom. The lowest BCUT2D eigenvalue weighted by molar-refractivity contribution is 0.100. The molecule has 0 radical (unpaired) electrons. The topological polar surface area (TPSA) is 362 Å². The number of nitrogens with one attached hydrogen (secondary N) is 1. The molecule has 0 aromatic heterocycles. The second-order valence-corrected chi connectivity index (χ2v) is 17.4. The first-order valence-electron chi connectivity index (χ1n) is 24.6. The van der Waals surface area contributed by atoms with Crippen molar-refractivity contribution in [3.8, 4) is 40.2 Å². The van der Waals surface area contributed by atoms with Crippen molar-refractivity contribution in [1.82, 2.24) is 5.32 Å². The van der Waals surface area contributed by atoms with Gasteiger partial charge < -0.3 is 85.1 Å². The van der Waals surface area contributed by atoms with Gasteiger partial charge in [-0.15, -0.1) is 0 Å². The second kappa shape index (κ2) is 36.4. The zero-order valence-electron chi connectivity index (χ0n) is 43.2. The van der Waals surface area contributed by atoms with E-state index in [1.54, 1.807) is 97.1 Å². The maximum atomic E-state index is 10.9. The lowest BCUT2D eigenvalue weighted by Crippen LogP contribution is -2.30. The van der Waals surface area contributed by atoms with Crippen LogP contribution in [0.15, 0.2) is 170 Å². The molecule has 0 heterocycles. The first kappa shape index (κ1) is 64.6. The molecule has 0 saturated carbocycles. The van der Waals surface area contributed by atoms with E-state index in [2.05, 4.69) is 19.2 Å². The Labute approximate surface area is 445 Å². The standard InChI is InChI=1S/C18H23NO3.C9H13NO.2C8H11NO2.C8H9NO2.C8H11NO/c1-13(2-3-14-4-8-16(20)9-5-14)19-12-18(22)15-6-10-17(21)11-7-15;1-7(6-10)8-2-4-9(11)5-3-8;3*9-5-8(11)6-1-3-7(10)4-2-6;9-6-5-7-1-3-8(10)4-2-7/h4-11,13,18-22H,2-3,12H2,1H3;2-5,7,11H,6,10H2,1H3;2*1-4,8,10-11H,5,9H2;1-4,10H,5,9H2;1-4,10H,5-6,9H2. The van der Waals surface area contributed by atoms with Crippen LogP contribution in [-0.4, -0.2) is 102 Å². The summed E-state index contributed by atoms with van der Waals surface area (Å²) < 4.78 is 0. The highest BCUT2D eigenvalue weighted by Gasteiger charge is 2.10. The molecule has 7 rings (SSSR count). The van der Waals surface area contributed by atoms with E-state index in [0.29, 0.717) is 42.6 Å². The zero-order valence-corrected chi connectivity index (χ0v) is 43.2. The smallest absolute Gasteiger partial charge is 0.176 e. The van der Waals surface area contributed by atoms with Crippen LogP contribution in [0.2, 0.25) is 0 Å². The number of benzene rings is 7. The number of Topliss-reactive ketones (excluding diaryl/α,β-unsaturated/α-hetero) is 1. The van der Waals surface area contributed by atoms with Crippen molar-refractivity contribution >= 4 is 5.78 Å². The van der Waals surface area contributed by atoms with Crippen LogP contribution >= 0.6 is 0 Å². The highest BCUT2D eigenvalue weighted by atomic mass is 16.3. The summed E-state index contributed by atoms with van der Waals surface area (Å²) in [4.78, 5) is 10.9. The number of hydrogen-bond acceptors (Lipinski definition) is 17. The van der Waals surface area contributed by atoms with Gasteiger partial charge in [-0.25, -0.2) is 0 Å². The first-order chi connectivity index (χ1) is 36.3. The third-order valence-corrected chi connectivity index (χ3v) is 11.3. The third-order valence-electron chi connectivity index (χ3n) is 11.3. The predicted molar refractivity (Wildman–Crippen MR) is 299 cm³/mol. The number of carbonyl (C=O) groups excluding carboxylic acids is 1. The van der Waals surface area contributed by atoms with E-state index in [0.717, 1.165) is 36.0 Å². The van der Waals surface area contributed by atoms with E-state index in [4.69, 9.17) is 54.2 Å². The largest absolute Gasteiger partial charge is 0.508 e. The van der Waals surface area contributed by atoms with Gasteiger partial charge in [-0.2, -0.15) is 0 Å². The van der Waals surface area contributed by atoms with E-state index < -0.39 is 18.3 Å². The number of aliphatic hydroxyl groups is 3. The van der Waals surface area contributed by atoms with Crippen molar-refractivity contribution in [1.29, 1.82) is 0 Å². The van der Waals surface area contributed by atoms with Gasteiger partial charge in [0.2, 0.25) is 0 Å². The summed E-state index contributed by atoms with van der Waals surface area (Å²) in [6, 6.07) is 47.1. The van der Waals surface area contributed by atoms with Crippen molar-refractivity contribution in [2.45, 2.75) is 63.4 Å². The van der Waals surface area contributed by atoms with Crippen molar-refractivity contribution in [3.63, 3.8) is 0 Å². The van der Waals surface area contributed by atoms with Crippen molar-refractivity contribution in [2.24, 2.45) is 28.7 Å². The van der Waals surface area contributed by atoms with Gasteiger partial charge in [-0.05, 0) is 176 Å². The van der Waals surface area contributed by atoms with Crippen LogP contribution < -0.4 is 34.0 Å². The molecule has 0 spiro atoms. The molecular weight excluding hydrogens is 969 g/mol. The lowest BCUT2D eigenvalue weighted by atomic mass is 10.0. The quantitative estimate of drug-likeness (QED) is 0.0439. The summed E-state index contributed by atoms with van der Waals surface area (Å²) >= 11 is 0. The second-order valence-electron chi connectivity index (χ2n) is 17.4. The fraction of sp³-hybridized carbons (Fsp3) is 0.271. The van der Waals surface area contributed by atoms with E-state index in [-0.39, 0.29) is 60.2 Å². The molecule has 0 bridgehead atoms. The molecule has 0 fully saturated rings. The maximum absolute atomic E-state index is 10.9. The average Bonchev–Trinajstić information content (AvgIpc) is 3.44. The number of phenolic OH excluding ortho intramolecular Hbond substituents is 7. The van der Waals surface area contributed by atoms with Gasteiger partial charge in [-0.1, -0.05) is 79.7 Å². The van der Waals surface area contributed by atoms with Crippen LogP contribution in [0.3, 0.4) is 0 Å². The molecule has 17 nitrogen and oxygen atoms in total. The van der Waals surface area contributed by atoms with Crippen LogP contribution in [0.4, 0.5) is 0 Å². The fourth-order valence-corrected chi connectivity index (χ4v) is 6.47. The molecule has 0 aliphatic carbocycles. The molecule has 0 aliphatic heterocycles. The molecule has 5 unspecified atom stereocenters. The Kier molecular flexibility index (Phi) is 30.9. The number of aliphatic hydroxyl groups excluding tert-OH is 3. The van der Waals surface area contributed by atoms with Gasteiger partial charge in [0.25, 0.3) is 0 Å². The molecule has 0 aliphatic rings. The Hall–Kier alpha value is -7.55.